The Balaban J connectivity index is 2.16. The minimum Gasteiger partial charge on any atom is -0.381 e. The highest BCUT2D eigenvalue weighted by molar-refractivity contribution is 5.19. The first kappa shape index (κ1) is 11.0. The smallest absolute Gasteiger partial charge is 0.166 e. The van der Waals surface area contributed by atoms with Gasteiger partial charge < -0.3 is 10.5 Å². The predicted octanol–water partition coefficient (Wildman–Crippen LogP) is 1.27. The molecule has 5 heteroatoms. The largest absolute Gasteiger partial charge is 0.381 e. The topological polar surface area (TPSA) is 66.0 Å². The second kappa shape index (κ2) is 4.41. The standard InChI is InChI=1S/C9H18N4O/c1-9(2,3)4-5-14-7-13-11-6-8(10)12-13/h6H,4-5,7H2,1-3H3,(H2,10,12). The average Bonchev–Trinajstić information content (AvgIpc) is 2.44. The van der Waals surface area contributed by atoms with Gasteiger partial charge in [0.1, 0.15) is 0 Å². The molecule has 0 unspecified atom stereocenters. The molecule has 1 aromatic rings. The molecule has 0 spiro atoms. The Morgan fingerprint density at radius 3 is 2.71 bits per heavy atom. The maximum atomic E-state index is 5.40. The molecule has 0 aliphatic rings. The minimum absolute atomic E-state index is 0.302. The Labute approximate surface area is 84.2 Å². The third-order valence-electron chi connectivity index (χ3n) is 1.76. The van der Waals surface area contributed by atoms with Crippen LogP contribution in [-0.4, -0.2) is 21.6 Å². The van der Waals surface area contributed by atoms with Crippen molar-refractivity contribution >= 4 is 5.82 Å². The van der Waals surface area contributed by atoms with Crippen LogP contribution in [0.1, 0.15) is 27.2 Å². The molecule has 0 radical (unpaired) electrons. The van der Waals surface area contributed by atoms with Crippen molar-refractivity contribution in [1.82, 2.24) is 15.0 Å². The Kier molecular flexibility index (Phi) is 3.46. The normalized spacial score (nSPS) is 11.9. The summed E-state index contributed by atoms with van der Waals surface area (Å²) in [6.45, 7) is 7.62. The summed E-state index contributed by atoms with van der Waals surface area (Å²) in [4.78, 5) is 1.44. The van der Waals surface area contributed by atoms with Gasteiger partial charge in [0.25, 0.3) is 0 Å². The van der Waals surface area contributed by atoms with Crippen LogP contribution in [0.15, 0.2) is 6.20 Å². The number of hydrogen-bond donors (Lipinski definition) is 1. The monoisotopic (exact) mass is 198 g/mol. The predicted molar refractivity (Wildman–Crippen MR) is 54.5 cm³/mol. The number of ether oxygens (including phenoxy) is 1. The van der Waals surface area contributed by atoms with E-state index in [1.807, 2.05) is 0 Å². The van der Waals surface area contributed by atoms with Crippen molar-refractivity contribution < 1.29 is 4.74 Å². The second-order valence-electron chi connectivity index (χ2n) is 4.49. The van der Waals surface area contributed by atoms with Crippen LogP contribution in [0.4, 0.5) is 5.82 Å². The summed E-state index contributed by atoms with van der Waals surface area (Å²) in [5.74, 6) is 0.421. The number of rotatable bonds is 4. The van der Waals surface area contributed by atoms with E-state index in [2.05, 4.69) is 31.0 Å². The highest BCUT2D eigenvalue weighted by Crippen LogP contribution is 2.17. The van der Waals surface area contributed by atoms with Crippen LogP contribution in [0.3, 0.4) is 0 Å². The highest BCUT2D eigenvalue weighted by atomic mass is 16.5. The van der Waals surface area contributed by atoms with Crippen molar-refractivity contribution in [2.45, 2.75) is 33.9 Å². The SMILES string of the molecule is CC(C)(C)CCOCn1ncc(N)n1. The molecular formula is C9H18N4O. The lowest BCUT2D eigenvalue weighted by Gasteiger charge is -2.17. The molecule has 0 bridgehead atoms. The molecule has 14 heavy (non-hydrogen) atoms. The summed E-state index contributed by atoms with van der Waals surface area (Å²) < 4.78 is 5.39. The van der Waals surface area contributed by atoms with Crippen molar-refractivity contribution in [3.8, 4) is 0 Å². The minimum atomic E-state index is 0.302. The third kappa shape index (κ3) is 4.23. The average molecular weight is 198 g/mol. The molecule has 0 amide bonds. The van der Waals surface area contributed by atoms with E-state index in [1.54, 1.807) is 0 Å². The fourth-order valence-corrected chi connectivity index (χ4v) is 0.897. The van der Waals surface area contributed by atoms with Crippen LogP contribution >= 0.6 is 0 Å². The zero-order valence-corrected chi connectivity index (χ0v) is 9.03. The number of aromatic nitrogens is 3. The van der Waals surface area contributed by atoms with Gasteiger partial charge in [0.05, 0.1) is 6.20 Å². The molecule has 0 aromatic carbocycles. The number of hydrogen-bond acceptors (Lipinski definition) is 4. The van der Waals surface area contributed by atoms with E-state index in [4.69, 9.17) is 10.5 Å². The van der Waals surface area contributed by atoms with Crippen LogP contribution in [0, 0.1) is 5.41 Å². The van der Waals surface area contributed by atoms with Gasteiger partial charge in [-0.25, -0.2) is 0 Å². The lowest BCUT2D eigenvalue weighted by atomic mass is 9.93. The molecule has 0 atom stereocenters. The second-order valence-corrected chi connectivity index (χ2v) is 4.49. The quantitative estimate of drug-likeness (QED) is 0.740. The van der Waals surface area contributed by atoms with Gasteiger partial charge in [-0.15, -0.1) is 5.10 Å². The van der Waals surface area contributed by atoms with Gasteiger partial charge in [0.2, 0.25) is 0 Å². The maximum Gasteiger partial charge on any atom is 0.166 e. The van der Waals surface area contributed by atoms with Gasteiger partial charge >= 0.3 is 0 Å². The van der Waals surface area contributed by atoms with E-state index in [0.29, 0.717) is 24.6 Å². The van der Waals surface area contributed by atoms with E-state index in [-0.39, 0.29) is 0 Å². The lowest BCUT2D eigenvalue weighted by molar-refractivity contribution is 0.0437. The van der Waals surface area contributed by atoms with Crippen LogP contribution in [0.25, 0.3) is 0 Å². The number of nitrogens with zero attached hydrogens (tertiary/aromatic N) is 3. The summed E-state index contributed by atoms with van der Waals surface area (Å²) in [6.07, 6.45) is 2.52. The number of nitrogen functional groups attached to an aromatic ring is 1. The Hall–Kier alpha value is -1.10. The molecule has 0 saturated heterocycles. The first-order valence-corrected chi connectivity index (χ1v) is 4.71. The van der Waals surface area contributed by atoms with Crippen LogP contribution in [-0.2, 0) is 11.5 Å². The molecule has 0 fully saturated rings. The van der Waals surface area contributed by atoms with Crippen molar-refractivity contribution in [3.63, 3.8) is 0 Å². The Bertz CT molecular complexity index is 277. The molecule has 80 valence electrons. The summed E-state index contributed by atoms with van der Waals surface area (Å²) in [6, 6.07) is 0. The zero-order chi connectivity index (χ0) is 10.6. The molecule has 0 saturated carbocycles. The van der Waals surface area contributed by atoms with Crippen molar-refractivity contribution in [3.05, 3.63) is 6.20 Å². The van der Waals surface area contributed by atoms with Crippen molar-refractivity contribution in [2.75, 3.05) is 12.3 Å². The lowest BCUT2D eigenvalue weighted by Crippen LogP contribution is -2.12. The van der Waals surface area contributed by atoms with Gasteiger partial charge in [0.15, 0.2) is 12.5 Å². The van der Waals surface area contributed by atoms with E-state index in [0.717, 1.165) is 6.42 Å². The van der Waals surface area contributed by atoms with Gasteiger partial charge in [-0.2, -0.15) is 9.90 Å². The van der Waals surface area contributed by atoms with E-state index in [9.17, 15) is 0 Å². The van der Waals surface area contributed by atoms with Gasteiger partial charge in [-0.3, -0.25) is 0 Å². The number of anilines is 1. The van der Waals surface area contributed by atoms with Gasteiger partial charge in [0, 0.05) is 6.61 Å². The molecular weight excluding hydrogens is 180 g/mol. The molecule has 1 aromatic heterocycles. The fraction of sp³-hybridized carbons (Fsp3) is 0.778. The van der Waals surface area contributed by atoms with E-state index in [1.165, 1.54) is 11.0 Å². The maximum absolute atomic E-state index is 5.40. The molecule has 2 N–H and O–H groups in total. The summed E-state index contributed by atoms with van der Waals surface area (Å²) >= 11 is 0. The van der Waals surface area contributed by atoms with Crippen molar-refractivity contribution in [2.24, 2.45) is 5.41 Å². The molecule has 1 rings (SSSR count). The highest BCUT2D eigenvalue weighted by Gasteiger charge is 2.09. The Morgan fingerprint density at radius 1 is 1.50 bits per heavy atom. The Morgan fingerprint density at radius 2 is 2.21 bits per heavy atom. The summed E-state index contributed by atoms with van der Waals surface area (Å²) in [5, 5.41) is 7.81. The molecule has 5 nitrogen and oxygen atoms in total. The summed E-state index contributed by atoms with van der Waals surface area (Å²) in [7, 11) is 0. The van der Waals surface area contributed by atoms with Crippen LogP contribution in [0.2, 0.25) is 0 Å². The van der Waals surface area contributed by atoms with Gasteiger partial charge in [-0.1, -0.05) is 20.8 Å². The first-order valence-electron chi connectivity index (χ1n) is 4.71. The molecule has 1 heterocycles. The fourth-order valence-electron chi connectivity index (χ4n) is 0.897. The summed E-state index contributed by atoms with van der Waals surface area (Å²) in [5.41, 5.74) is 5.70. The van der Waals surface area contributed by atoms with E-state index >= 15 is 0 Å². The van der Waals surface area contributed by atoms with E-state index < -0.39 is 0 Å². The first-order chi connectivity index (χ1) is 6.47. The van der Waals surface area contributed by atoms with Gasteiger partial charge in [-0.05, 0) is 11.8 Å². The third-order valence-corrected chi connectivity index (χ3v) is 1.76. The van der Waals surface area contributed by atoms with Crippen LogP contribution in [0.5, 0.6) is 0 Å². The van der Waals surface area contributed by atoms with Crippen LogP contribution < -0.4 is 5.73 Å². The zero-order valence-electron chi connectivity index (χ0n) is 9.03. The number of nitrogens with two attached hydrogens (primary N) is 1. The molecule has 0 aliphatic carbocycles. The molecule has 0 aliphatic heterocycles. The van der Waals surface area contributed by atoms with Crippen molar-refractivity contribution in [1.29, 1.82) is 0 Å².